The van der Waals surface area contributed by atoms with Crippen molar-refractivity contribution in [2.24, 2.45) is 0 Å². The van der Waals surface area contributed by atoms with E-state index in [0.717, 1.165) is 0 Å². The summed E-state index contributed by atoms with van der Waals surface area (Å²) < 4.78 is 11.0. The van der Waals surface area contributed by atoms with E-state index in [1.54, 1.807) is 47.5 Å². The third-order valence-electron chi connectivity index (χ3n) is 4.22. The van der Waals surface area contributed by atoms with Crippen LogP contribution in [0.25, 0.3) is 0 Å². The molecule has 0 saturated heterocycles. The van der Waals surface area contributed by atoms with Crippen molar-refractivity contribution in [3.8, 4) is 17.6 Å². The molecule has 0 aliphatic carbocycles. The van der Waals surface area contributed by atoms with Gasteiger partial charge < -0.3 is 24.8 Å². The molecular formula is C20H16ClN5O3. The summed E-state index contributed by atoms with van der Waals surface area (Å²) in [4.78, 5) is 10.5. The van der Waals surface area contributed by atoms with E-state index in [1.165, 1.54) is 0 Å². The van der Waals surface area contributed by atoms with E-state index in [2.05, 4.69) is 21.4 Å². The van der Waals surface area contributed by atoms with Crippen LogP contribution in [0, 0.1) is 11.3 Å². The number of rotatable bonds is 6. The third kappa shape index (κ3) is 3.87. The number of nitrogens with one attached hydrogen (secondary N) is 1. The number of ether oxygens (including phenoxy) is 2. The summed E-state index contributed by atoms with van der Waals surface area (Å²) in [5.74, 6) is 1.93. The van der Waals surface area contributed by atoms with E-state index in [9.17, 15) is 5.11 Å². The van der Waals surface area contributed by atoms with E-state index in [1.807, 2.05) is 6.07 Å². The van der Waals surface area contributed by atoms with E-state index >= 15 is 0 Å². The average molecular weight is 410 g/mol. The van der Waals surface area contributed by atoms with Gasteiger partial charge in [-0.05, 0) is 36.4 Å². The molecule has 0 saturated carbocycles. The molecule has 1 aliphatic rings. The van der Waals surface area contributed by atoms with E-state index in [-0.39, 0.29) is 19.9 Å². The van der Waals surface area contributed by atoms with E-state index < -0.39 is 0 Å². The Hall–Kier alpha value is -3.54. The second-order valence-corrected chi connectivity index (χ2v) is 6.47. The molecular weight excluding hydrogens is 394 g/mol. The first kappa shape index (κ1) is 18.8. The van der Waals surface area contributed by atoms with Crippen LogP contribution in [0.4, 0.5) is 23.1 Å². The van der Waals surface area contributed by atoms with Gasteiger partial charge in [-0.1, -0.05) is 17.7 Å². The summed E-state index contributed by atoms with van der Waals surface area (Å²) in [6.45, 7) is 0.208. The Bertz CT molecular complexity index is 1090. The number of anilines is 4. The molecule has 146 valence electrons. The highest BCUT2D eigenvalue weighted by Gasteiger charge is 2.26. The molecule has 2 N–H and O–H groups in total. The molecule has 0 unspecified atom stereocenters. The van der Waals surface area contributed by atoms with Gasteiger partial charge >= 0.3 is 0 Å². The first-order valence-electron chi connectivity index (χ1n) is 8.76. The van der Waals surface area contributed by atoms with Crippen molar-refractivity contribution in [2.75, 3.05) is 30.2 Å². The molecule has 0 amide bonds. The number of aromatic nitrogens is 2. The van der Waals surface area contributed by atoms with Crippen LogP contribution < -0.4 is 19.7 Å². The summed E-state index contributed by atoms with van der Waals surface area (Å²) in [5, 5.41) is 22.2. The van der Waals surface area contributed by atoms with Gasteiger partial charge in [0.05, 0.1) is 23.3 Å². The second kappa shape index (κ2) is 8.22. The maximum absolute atomic E-state index is 9.61. The van der Waals surface area contributed by atoms with Gasteiger partial charge in [-0.3, -0.25) is 0 Å². The highest BCUT2D eigenvalue weighted by molar-refractivity contribution is 6.34. The largest absolute Gasteiger partial charge is 0.454 e. The van der Waals surface area contributed by atoms with Crippen LogP contribution in [0.5, 0.6) is 11.5 Å². The molecule has 29 heavy (non-hydrogen) atoms. The fraction of sp³-hybridized carbons (Fsp3) is 0.150. The van der Waals surface area contributed by atoms with Crippen LogP contribution >= 0.6 is 11.6 Å². The molecule has 2 aromatic carbocycles. The molecule has 4 rings (SSSR count). The normalized spacial score (nSPS) is 11.8. The van der Waals surface area contributed by atoms with Crippen molar-refractivity contribution in [3.05, 3.63) is 59.2 Å². The highest BCUT2D eigenvalue weighted by Crippen LogP contribution is 2.47. The van der Waals surface area contributed by atoms with Crippen LogP contribution in [-0.2, 0) is 0 Å². The van der Waals surface area contributed by atoms with E-state index in [4.69, 9.17) is 26.3 Å². The number of fused-ring (bicyclic) bond motifs is 1. The van der Waals surface area contributed by atoms with Crippen LogP contribution in [0.1, 0.15) is 5.56 Å². The Morgan fingerprint density at radius 2 is 2.14 bits per heavy atom. The Kier molecular flexibility index (Phi) is 5.33. The van der Waals surface area contributed by atoms with Crippen LogP contribution in [0.15, 0.2) is 48.7 Å². The molecule has 0 spiro atoms. The van der Waals surface area contributed by atoms with Crippen molar-refractivity contribution < 1.29 is 14.6 Å². The minimum absolute atomic E-state index is 0.0987. The van der Waals surface area contributed by atoms with Gasteiger partial charge in [0.1, 0.15) is 11.5 Å². The van der Waals surface area contributed by atoms with Crippen molar-refractivity contribution >= 4 is 34.7 Å². The number of halogens is 1. The van der Waals surface area contributed by atoms with E-state index in [0.29, 0.717) is 45.2 Å². The molecule has 9 heteroatoms. The zero-order valence-electron chi connectivity index (χ0n) is 15.2. The van der Waals surface area contributed by atoms with Crippen LogP contribution in [0.2, 0.25) is 5.02 Å². The molecule has 0 bridgehead atoms. The van der Waals surface area contributed by atoms with Gasteiger partial charge in [0.25, 0.3) is 0 Å². The number of nitrogens with zero attached hydrogens (tertiary/aromatic N) is 4. The second-order valence-electron chi connectivity index (χ2n) is 6.06. The van der Waals surface area contributed by atoms with Crippen molar-refractivity contribution in [1.82, 2.24) is 9.97 Å². The minimum Gasteiger partial charge on any atom is -0.454 e. The van der Waals surface area contributed by atoms with Crippen molar-refractivity contribution in [2.45, 2.75) is 0 Å². The number of hydrogen-bond donors (Lipinski definition) is 2. The quantitative estimate of drug-likeness (QED) is 0.636. The van der Waals surface area contributed by atoms with Gasteiger partial charge in [0, 0.05) is 18.4 Å². The Morgan fingerprint density at radius 1 is 1.24 bits per heavy atom. The maximum Gasteiger partial charge on any atom is 0.231 e. The van der Waals surface area contributed by atoms with Gasteiger partial charge in [-0.25, -0.2) is 4.98 Å². The monoisotopic (exact) mass is 409 g/mol. The van der Waals surface area contributed by atoms with Gasteiger partial charge in [0.2, 0.25) is 12.7 Å². The van der Waals surface area contributed by atoms with Crippen LogP contribution in [-0.4, -0.2) is 35.0 Å². The molecule has 1 aliphatic heterocycles. The third-order valence-corrected chi connectivity index (χ3v) is 4.53. The molecule has 2 heterocycles. The fourth-order valence-corrected chi connectivity index (χ4v) is 3.23. The molecule has 0 fully saturated rings. The lowest BCUT2D eigenvalue weighted by molar-refractivity contribution is 0.174. The summed E-state index contributed by atoms with van der Waals surface area (Å²) in [6, 6.07) is 14.2. The van der Waals surface area contributed by atoms with Gasteiger partial charge in [-0.2, -0.15) is 10.2 Å². The number of aliphatic hydroxyl groups excluding tert-OH is 1. The Morgan fingerprint density at radius 3 is 2.97 bits per heavy atom. The fourth-order valence-electron chi connectivity index (χ4n) is 2.98. The Balaban J connectivity index is 1.70. The predicted molar refractivity (Wildman–Crippen MR) is 108 cm³/mol. The number of aliphatic hydroxyl groups is 1. The molecule has 0 radical (unpaired) electrons. The molecule has 3 aromatic rings. The number of nitriles is 1. The lowest BCUT2D eigenvalue weighted by Gasteiger charge is -2.25. The molecule has 0 atom stereocenters. The summed E-state index contributed by atoms with van der Waals surface area (Å²) >= 11 is 6.44. The zero-order valence-corrected chi connectivity index (χ0v) is 15.9. The topological polar surface area (TPSA) is 104 Å². The minimum atomic E-state index is -0.127. The van der Waals surface area contributed by atoms with Gasteiger partial charge in [0.15, 0.2) is 11.5 Å². The number of benzene rings is 2. The smallest absolute Gasteiger partial charge is 0.231 e. The summed E-state index contributed by atoms with van der Waals surface area (Å²) in [6.07, 6.45) is 1.59. The summed E-state index contributed by atoms with van der Waals surface area (Å²) in [5.41, 5.74) is 1.77. The highest BCUT2D eigenvalue weighted by atomic mass is 35.5. The zero-order chi connectivity index (χ0) is 20.2. The lowest BCUT2D eigenvalue weighted by Crippen LogP contribution is -2.23. The number of hydrogen-bond acceptors (Lipinski definition) is 8. The first-order valence-corrected chi connectivity index (χ1v) is 9.14. The summed E-state index contributed by atoms with van der Waals surface area (Å²) in [7, 11) is 0. The first-order chi connectivity index (χ1) is 14.2. The molecule has 1 aromatic heterocycles. The maximum atomic E-state index is 9.61. The predicted octanol–water partition coefficient (Wildman–Crippen LogP) is 3.60. The lowest BCUT2D eigenvalue weighted by atomic mass is 10.2. The average Bonchev–Trinajstić information content (AvgIpc) is 3.22. The molecule has 8 nitrogen and oxygen atoms in total. The SMILES string of the molecule is N#Cc1cccc(Nc2nccc(N(CCO)c3c(Cl)ccc4c3OCO4)n2)c1. The van der Waals surface area contributed by atoms with Crippen molar-refractivity contribution in [3.63, 3.8) is 0 Å². The van der Waals surface area contributed by atoms with Crippen LogP contribution in [0.3, 0.4) is 0 Å². The Labute approximate surface area is 171 Å². The van der Waals surface area contributed by atoms with Crippen molar-refractivity contribution in [1.29, 1.82) is 5.26 Å². The standard InChI is InChI=1S/C20H16ClN5O3/c21-15-4-5-16-19(29-12-28-16)18(15)26(8-9-27)17-6-7-23-20(25-17)24-14-3-1-2-13(10-14)11-22/h1-7,10,27H,8-9,12H2,(H,23,24,25). The van der Waals surface area contributed by atoms with Gasteiger partial charge in [-0.15, -0.1) is 0 Å².